The van der Waals surface area contributed by atoms with Gasteiger partial charge in [0, 0.05) is 13.6 Å². The highest BCUT2D eigenvalue weighted by atomic mass is 32.2. The van der Waals surface area contributed by atoms with Gasteiger partial charge in [0.1, 0.15) is 11.5 Å². The summed E-state index contributed by atoms with van der Waals surface area (Å²) in [6.45, 7) is 2.80. The van der Waals surface area contributed by atoms with Crippen molar-refractivity contribution in [2.75, 3.05) is 30.9 Å². The topological polar surface area (TPSA) is 54.0 Å². The molecule has 0 aliphatic rings. The molecule has 0 saturated heterocycles. The van der Waals surface area contributed by atoms with Gasteiger partial charge >= 0.3 is 0 Å². The van der Waals surface area contributed by atoms with Crippen molar-refractivity contribution in [3.8, 4) is 0 Å². The molecule has 0 aromatic carbocycles. The average Bonchev–Trinajstić information content (AvgIpc) is 2.36. The summed E-state index contributed by atoms with van der Waals surface area (Å²) in [6, 6.07) is 5.36. The molecule has 4 nitrogen and oxygen atoms in total. The Hall–Kier alpha value is -1.23. The van der Waals surface area contributed by atoms with Crippen molar-refractivity contribution in [2.45, 2.75) is 6.92 Å². The Morgan fingerprint density at radius 2 is 2.29 bits per heavy atom. The van der Waals surface area contributed by atoms with Gasteiger partial charge in [0.15, 0.2) is 0 Å². The molecule has 1 atom stereocenters. The van der Waals surface area contributed by atoms with Gasteiger partial charge in [-0.25, -0.2) is 4.98 Å². The number of nitrogens with one attached hydrogen (secondary N) is 2. The lowest BCUT2D eigenvalue weighted by molar-refractivity contribution is 0.0944. The maximum Gasteiger partial charge on any atom is 0.269 e. The van der Waals surface area contributed by atoms with Gasteiger partial charge in [0.05, 0.1) is 0 Å². The molecular formula is C12H19N3OS. The summed E-state index contributed by atoms with van der Waals surface area (Å²) >= 11 is 1.79. The van der Waals surface area contributed by atoms with Crippen molar-refractivity contribution >= 4 is 23.5 Å². The lowest BCUT2D eigenvalue weighted by Gasteiger charge is -2.11. The van der Waals surface area contributed by atoms with E-state index in [-0.39, 0.29) is 5.91 Å². The molecule has 1 unspecified atom stereocenters. The highest BCUT2D eigenvalue weighted by molar-refractivity contribution is 7.98. The van der Waals surface area contributed by atoms with E-state index in [0.29, 0.717) is 24.0 Å². The molecule has 0 fully saturated rings. The number of nitrogens with zero attached hydrogens (tertiary/aromatic N) is 1. The molecule has 94 valence electrons. The number of thioether (sulfide) groups is 1. The van der Waals surface area contributed by atoms with Crippen LogP contribution in [-0.4, -0.2) is 36.5 Å². The number of pyridine rings is 1. The van der Waals surface area contributed by atoms with Crippen LogP contribution in [0.2, 0.25) is 0 Å². The number of carbonyl (C=O) groups is 1. The zero-order valence-corrected chi connectivity index (χ0v) is 11.3. The number of rotatable bonds is 6. The van der Waals surface area contributed by atoms with Gasteiger partial charge in [-0.2, -0.15) is 11.8 Å². The molecule has 5 heteroatoms. The van der Waals surface area contributed by atoms with E-state index in [9.17, 15) is 4.79 Å². The van der Waals surface area contributed by atoms with Crippen molar-refractivity contribution in [3.63, 3.8) is 0 Å². The van der Waals surface area contributed by atoms with E-state index < -0.39 is 0 Å². The fourth-order valence-corrected chi connectivity index (χ4v) is 2.09. The SMILES string of the molecule is CNc1cccc(C(=O)NCC(C)CSC)n1. The molecule has 1 rings (SSSR count). The fraction of sp³-hybridized carbons (Fsp3) is 0.500. The highest BCUT2D eigenvalue weighted by Crippen LogP contribution is 2.05. The van der Waals surface area contributed by atoms with E-state index in [1.54, 1.807) is 24.9 Å². The molecule has 1 amide bonds. The van der Waals surface area contributed by atoms with Gasteiger partial charge in [-0.3, -0.25) is 4.79 Å². The molecule has 0 aliphatic carbocycles. The predicted molar refractivity (Wildman–Crippen MR) is 73.7 cm³/mol. The first-order valence-electron chi connectivity index (χ1n) is 5.59. The number of hydrogen-bond acceptors (Lipinski definition) is 4. The summed E-state index contributed by atoms with van der Waals surface area (Å²) in [5, 5.41) is 5.81. The Bertz CT molecular complexity index is 371. The molecule has 0 bridgehead atoms. The molecule has 0 radical (unpaired) electrons. The summed E-state index contributed by atoms with van der Waals surface area (Å²) in [6.07, 6.45) is 2.07. The van der Waals surface area contributed by atoms with Crippen molar-refractivity contribution in [2.24, 2.45) is 5.92 Å². The predicted octanol–water partition coefficient (Wildman–Crippen LogP) is 1.85. The Morgan fingerprint density at radius 3 is 2.94 bits per heavy atom. The smallest absolute Gasteiger partial charge is 0.269 e. The van der Waals surface area contributed by atoms with Crippen LogP contribution in [-0.2, 0) is 0 Å². The zero-order chi connectivity index (χ0) is 12.7. The van der Waals surface area contributed by atoms with E-state index >= 15 is 0 Å². The lowest BCUT2D eigenvalue weighted by Crippen LogP contribution is -2.29. The maximum absolute atomic E-state index is 11.8. The average molecular weight is 253 g/mol. The van der Waals surface area contributed by atoms with Crippen molar-refractivity contribution in [1.29, 1.82) is 0 Å². The van der Waals surface area contributed by atoms with Gasteiger partial charge in [0.2, 0.25) is 0 Å². The molecule has 1 aromatic rings. The Labute approximate surface area is 107 Å². The first kappa shape index (κ1) is 13.8. The second kappa shape index (κ2) is 7.17. The quantitative estimate of drug-likeness (QED) is 0.812. The minimum Gasteiger partial charge on any atom is -0.373 e. The second-order valence-electron chi connectivity index (χ2n) is 3.93. The number of hydrogen-bond donors (Lipinski definition) is 2. The van der Waals surface area contributed by atoms with Gasteiger partial charge in [-0.1, -0.05) is 13.0 Å². The first-order valence-corrected chi connectivity index (χ1v) is 6.98. The van der Waals surface area contributed by atoms with Crippen molar-refractivity contribution in [3.05, 3.63) is 23.9 Å². The Balaban J connectivity index is 2.51. The van der Waals surface area contributed by atoms with Gasteiger partial charge < -0.3 is 10.6 Å². The van der Waals surface area contributed by atoms with Crippen molar-refractivity contribution in [1.82, 2.24) is 10.3 Å². The van der Waals surface area contributed by atoms with Crippen LogP contribution in [0.15, 0.2) is 18.2 Å². The van der Waals surface area contributed by atoms with E-state index in [4.69, 9.17) is 0 Å². The third-order valence-corrected chi connectivity index (χ3v) is 3.20. The third-order valence-electron chi connectivity index (χ3n) is 2.30. The summed E-state index contributed by atoms with van der Waals surface area (Å²) < 4.78 is 0. The van der Waals surface area contributed by atoms with Crippen LogP contribution in [0.1, 0.15) is 17.4 Å². The third kappa shape index (κ3) is 4.65. The molecule has 0 spiro atoms. The van der Waals surface area contributed by atoms with E-state index in [2.05, 4.69) is 28.8 Å². The van der Waals surface area contributed by atoms with Crippen molar-refractivity contribution < 1.29 is 4.79 Å². The summed E-state index contributed by atoms with van der Waals surface area (Å²) in [7, 11) is 1.78. The zero-order valence-electron chi connectivity index (χ0n) is 10.5. The number of aromatic nitrogens is 1. The van der Waals surface area contributed by atoms with E-state index in [1.165, 1.54) is 0 Å². The van der Waals surface area contributed by atoms with E-state index in [0.717, 1.165) is 5.75 Å². The molecule has 17 heavy (non-hydrogen) atoms. The van der Waals surface area contributed by atoms with Crippen LogP contribution in [0.3, 0.4) is 0 Å². The fourth-order valence-electron chi connectivity index (χ4n) is 1.40. The molecule has 0 saturated carbocycles. The Kier molecular flexibility index (Phi) is 5.83. The second-order valence-corrected chi connectivity index (χ2v) is 4.84. The normalized spacial score (nSPS) is 11.9. The van der Waals surface area contributed by atoms with Crippen LogP contribution in [0.4, 0.5) is 5.82 Å². The molecular weight excluding hydrogens is 234 g/mol. The molecule has 0 aliphatic heterocycles. The van der Waals surface area contributed by atoms with Crippen LogP contribution >= 0.6 is 11.8 Å². The Morgan fingerprint density at radius 1 is 1.53 bits per heavy atom. The summed E-state index contributed by atoms with van der Waals surface area (Å²) in [5.74, 6) is 2.11. The summed E-state index contributed by atoms with van der Waals surface area (Å²) in [5.41, 5.74) is 0.452. The van der Waals surface area contributed by atoms with Gasteiger partial charge in [-0.15, -0.1) is 0 Å². The van der Waals surface area contributed by atoms with Crippen LogP contribution in [0.25, 0.3) is 0 Å². The van der Waals surface area contributed by atoms with Crippen LogP contribution < -0.4 is 10.6 Å². The number of amides is 1. The lowest BCUT2D eigenvalue weighted by atomic mass is 10.2. The summed E-state index contributed by atoms with van der Waals surface area (Å²) in [4.78, 5) is 16.0. The maximum atomic E-state index is 11.8. The molecule has 2 N–H and O–H groups in total. The molecule has 1 aromatic heterocycles. The minimum atomic E-state index is -0.116. The van der Waals surface area contributed by atoms with Gasteiger partial charge in [0.25, 0.3) is 5.91 Å². The highest BCUT2D eigenvalue weighted by Gasteiger charge is 2.09. The number of carbonyl (C=O) groups excluding carboxylic acids is 1. The van der Waals surface area contributed by atoms with E-state index in [1.807, 2.05) is 12.1 Å². The van der Waals surface area contributed by atoms with Crippen LogP contribution in [0, 0.1) is 5.92 Å². The first-order chi connectivity index (χ1) is 8.17. The molecule has 1 heterocycles. The minimum absolute atomic E-state index is 0.116. The monoisotopic (exact) mass is 253 g/mol. The standard InChI is InChI=1S/C12H19N3OS/c1-9(8-17-3)7-14-12(16)10-5-4-6-11(13-2)15-10/h4-6,9H,7-8H2,1-3H3,(H,13,15)(H,14,16). The number of anilines is 1. The largest absolute Gasteiger partial charge is 0.373 e. The van der Waals surface area contributed by atoms with Gasteiger partial charge in [-0.05, 0) is 30.1 Å². The van der Waals surface area contributed by atoms with Crippen LogP contribution in [0.5, 0.6) is 0 Å².